The number of rotatable bonds is 4. The third-order valence-electron chi connectivity index (χ3n) is 2.65. The van der Waals surface area contributed by atoms with Crippen LogP contribution in [0.1, 0.15) is 10.4 Å². The van der Waals surface area contributed by atoms with Gasteiger partial charge in [0.1, 0.15) is 5.15 Å². The summed E-state index contributed by atoms with van der Waals surface area (Å²) >= 11 is 29.0. The largest absolute Gasteiger partial charge is 0.452 e. The van der Waals surface area contributed by atoms with E-state index in [1.807, 2.05) is 0 Å². The van der Waals surface area contributed by atoms with Crippen LogP contribution in [0.15, 0.2) is 24.4 Å². The molecule has 24 heavy (non-hydrogen) atoms. The van der Waals surface area contributed by atoms with Gasteiger partial charge in [-0.3, -0.25) is 4.79 Å². The Balaban J connectivity index is 1.97. The highest BCUT2D eigenvalue weighted by atomic mass is 35.5. The zero-order valence-electron chi connectivity index (χ0n) is 11.6. The predicted molar refractivity (Wildman–Crippen MR) is 94.6 cm³/mol. The number of carbonyl (C=O) groups is 2. The molecule has 0 radical (unpaired) electrons. The topological polar surface area (TPSA) is 68.3 Å². The molecule has 1 heterocycles. The van der Waals surface area contributed by atoms with Gasteiger partial charge in [0.15, 0.2) is 6.61 Å². The van der Waals surface area contributed by atoms with E-state index in [0.717, 1.165) is 0 Å². The summed E-state index contributed by atoms with van der Waals surface area (Å²) in [6.07, 6.45) is 1.18. The summed E-state index contributed by atoms with van der Waals surface area (Å²) in [7, 11) is 0. The first-order valence-electron chi connectivity index (χ1n) is 6.20. The number of anilines is 1. The molecular weight excluding hydrogens is 421 g/mol. The highest BCUT2D eigenvalue weighted by Gasteiger charge is 2.14. The van der Waals surface area contributed by atoms with Gasteiger partial charge in [-0.05, 0) is 18.2 Å². The number of nitrogens with zero attached hydrogens (tertiary/aromatic N) is 1. The minimum atomic E-state index is -0.781. The second-order valence-electron chi connectivity index (χ2n) is 4.37. The number of benzene rings is 1. The molecule has 1 N–H and O–H groups in total. The molecule has 5 nitrogen and oxygen atoms in total. The highest BCUT2D eigenvalue weighted by Crippen LogP contribution is 2.32. The molecule has 0 unspecified atom stereocenters. The standard InChI is InChI=1S/C14H7Cl5N2O3/c15-7-2-9(17)11(3-8(7)16)21-12(22)5-24-14(23)6-1-10(18)13(19)20-4-6/h1-4H,5H2,(H,21,22). The van der Waals surface area contributed by atoms with Gasteiger partial charge in [0, 0.05) is 6.20 Å². The maximum Gasteiger partial charge on any atom is 0.340 e. The molecule has 1 amide bonds. The van der Waals surface area contributed by atoms with Crippen LogP contribution in [0.25, 0.3) is 0 Å². The Morgan fingerprint density at radius 1 is 0.958 bits per heavy atom. The third kappa shape index (κ3) is 4.88. The van der Waals surface area contributed by atoms with E-state index in [4.69, 9.17) is 62.7 Å². The number of ether oxygens (including phenoxy) is 1. The quantitative estimate of drug-likeness (QED) is 0.416. The molecule has 0 aliphatic heterocycles. The molecule has 0 bridgehead atoms. The average Bonchev–Trinajstić information content (AvgIpc) is 2.53. The molecule has 0 aliphatic rings. The van der Waals surface area contributed by atoms with Crippen LogP contribution < -0.4 is 5.32 Å². The minimum absolute atomic E-state index is 0.0558. The van der Waals surface area contributed by atoms with Crippen molar-refractivity contribution < 1.29 is 14.3 Å². The maximum absolute atomic E-state index is 11.8. The number of pyridine rings is 1. The van der Waals surface area contributed by atoms with Gasteiger partial charge in [-0.25, -0.2) is 9.78 Å². The van der Waals surface area contributed by atoms with Crippen molar-refractivity contribution in [3.05, 3.63) is 55.2 Å². The van der Waals surface area contributed by atoms with Crippen molar-refractivity contribution >= 4 is 75.6 Å². The highest BCUT2D eigenvalue weighted by molar-refractivity contribution is 6.44. The molecule has 0 spiro atoms. The lowest BCUT2D eigenvalue weighted by molar-refractivity contribution is -0.119. The summed E-state index contributed by atoms with van der Waals surface area (Å²) in [5.41, 5.74) is 0.299. The monoisotopic (exact) mass is 426 g/mol. The molecule has 0 atom stereocenters. The second kappa shape index (κ2) is 8.23. The van der Waals surface area contributed by atoms with Crippen molar-refractivity contribution in [2.24, 2.45) is 0 Å². The normalized spacial score (nSPS) is 10.4. The van der Waals surface area contributed by atoms with E-state index < -0.39 is 18.5 Å². The van der Waals surface area contributed by atoms with Gasteiger partial charge in [0.25, 0.3) is 5.91 Å². The lowest BCUT2D eigenvalue weighted by Gasteiger charge is -2.09. The van der Waals surface area contributed by atoms with E-state index in [9.17, 15) is 9.59 Å². The van der Waals surface area contributed by atoms with Crippen molar-refractivity contribution in [2.75, 3.05) is 11.9 Å². The van der Waals surface area contributed by atoms with Crippen LogP contribution in [-0.4, -0.2) is 23.5 Å². The van der Waals surface area contributed by atoms with Crippen LogP contribution in [0.2, 0.25) is 25.2 Å². The Bertz CT molecular complexity index is 813. The molecule has 0 aliphatic carbocycles. The van der Waals surface area contributed by atoms with Crippen LogP contribution in [0.4, 0.5) is 5.69 Å². The molecule has 2 rings (SSSR count). The fourth-order valence-corrected chi connectivity index (χ4v) is 2.42. The summed E-state index contributed by atoms with van der Waals surface area (Å²) in [5.74, 6) is -1.40. The molecule has 0 fully saturated rings. The van der Waals surface area contributed by atoms with Gasteiger partial charge in [-0.2, -0.15) is 0 Å². The minimum Gasteiger partial charge on any atom is -0.452 e. The van der Waals surface area contributed by atoms with Gasteiger partial charge in [-0.15, -0.1) is 0 Å². The fraction of sp³-hybridized carbons (Fsp3) is 0.0714. The van der Waals surface area contributed by atoms with Crippen molar-refractivity contribution in [1.82, 2.24) is 4.98 Å². The first-order chi connectivity index (χ1) is 11.3. The predicted octanol–water partition coefficient (Wildman–Crippen LogP) is 5.14. The van der Waals surface area contributed by atoms with Crippen molar-refractivity contribution in [3.63, 3.8) is 0 Å². The number of esters is 1. The van der Waals surface area contributed by atoms with E-state index in [2.05, 4.69) is 10.3 Å². The van der Waals surface area contributed by atoms with Gasteiger partial charge >= 0.3 is 5.97 Å². The van der Waals surface area contributed by atoms with Crippen LogP contribution in [0, 0.1) is 0 Å². The third-order valence-corrected chi connectivity index (χ3v) is 4.37. The van der Waals surface area contributed by atoms with Crippen LogP contribution in [0.5, 0.6) is 0 Å². The molecule has 1 aromatic heterocycles. The summed E-state index contributed by atoms with van der Waals surface area (Å²) < 4.78 is 4.86. The van der Waals surface area contributed by atoms with Crippen LogP contribution in [-0.2, 0) is 9.53 Å². The van der Waals surface area contributed by atoms with Crippen LogP contribution >= 0.6 is 58.0 Å². The summed E-state index contributed by atoms with van der Waals surface area (Å²) in [6.45, 7) is -0.546. The Morgan fingerprint density at radius 3 is 2.29 bits per heavy atom. The smallest absolute Gasteiger partial charge is 0.340 e. The Morgan fingerprint density at radius 2 is 1.62 bits per heavy atom. The number of hydrogen-bond donors (Lipinski definition) is 1. The number of aromatic nitrogens is 1. The molecule has 0 saturated heterocycles. The van der Waals surface area contributed by atoms with Crippen molar-refractivity contribution in [3.8, 4) is 0 Å². The maximum atomic E-state index is 11.8. The number of hydrogen-bond acceptors (Lipinski definition) is 4. The summed E-state index contributed by atoms with van der Waals surface area (Å²) in [5, 5.41) is 3.26. The van der Waals surface area contributed by atoms with Crippen molar-refractivity contribution in [2.45, 2.75) is 0 Å². The summed E-state index contributed by atoms with van der Waals surface area (Å²) in [6, 6.07) is 4.05. The number of halogens is 5. The fourth-order valence-electron chi connectivity index (χ4n) is 1.55. The van der Waals surface area contributed by atoms with Gasteiger partial charge in [0.2, 0.25) is 0 Å². The molecule has 1 aromatic carbocycles. The lowest BCUT2D eigenvalue weighted by Crippen LogP contribution is -2.21. The first-order valence-corrected chi connectivity index (χ1v) is 8.09. The average molecular weight is 428 g/mol. The van der Waals surface area contributed by atoms with E-state index in [0.29, 0.717) is 0 Å². The van der Waals surface area contributed by atoms with E-state index in [1.165, 1.54) is 24.4 Å². The molecule has 0 saturated carbocycles. The van der Waals surface area contributed by atoms with Gasteiger partial charge in [0.05, 0.1) is 31.3 Å². The molecule has 126 valence electrons. The van der Waals surface area contributed by atoms with Gasteiger partial charge < -0.3 is 10.1 Å². The van der Waals surface area contributed by atoms with Crippen LogP contribution in [0.3, 0.4) is 0 Å². The number of nitrogens with one attached hydrogen (secondary N) is 1. The van der Waals surface area contributed by atoms with Gasteiger partial charge in [-0.1, -0.05) is 58.0 Å². The molecule has 10 heteroatoms. The Hall–Kier alpha value is -1.24. The zero-order valence-corrected chi connectivity index (χ0v) is 15.4. The number of amides is 1. The second-order valence-corrected chi connectivity index (χ2v) is 6.35. The Labute approximate surface area is 161 Å². The first kappa shape index (κ1) is 19.1. The SMILES string of the molecule is O=C(COC(=O)c1cnc(Cl)c(Cl)c1)Nc1cc(Cl)c(Cl)cc1Cl. The molecule has 2 aromatic rings. The van der Waals surface area contributed by atoms with E-state index >= 15 is 0 Å². The van der Waals surface area contributed by atoms with Crippen molar-refractivity contribution in [1.29, 1.82) is 0 Å². The number of carbonyl (C=O) groups excluding carboxylic acids is 2. The Kier molecular flexibility index (Phi) is 6.54. The summed E-state index contributed by atoms with van der Waals surface area (Å²) in [4.78, 5) is 27.4. The molecular formula is C14H7Cl5N2O3. The lowest BCUT2D eigenvalue weighted by atomic mass is 10.3. The van der Waals surface area contributed by atoms with E-state index in [1.54, 1.807) is 0 Å². The van der Waals surface area contributed by atoms with E-state index in [-0.39, 0.29) is 36.5 Å². The zero-order chi connectivity index (χ0) is 17.9.